The van der Waals surface area contributed by atoms with Crippen molar-refractivity contribution in [3.8, 4) is 0 Å². The molecule has 1 amide bonds. The van der Waals surface area contributed by atoms with E-state index in [0.29, 0.717) is 26.2 Å². The van der Waals surface area contributed by atoms with Gasteiger partial charge in [-0.15, -0.1) is 10.2 Å². The second-order valence-electron chi connectivity index (χ2n) is 4.56. The molecule has 0 aliphatic carbocycles. The van der Waals surface area contributed by atoms with Crippen molar-refractivity contribution in [1.82, 2.24) is 20.0 Å². The molecule has 1 aliphatic heterocycles. The Balaban J connectivity index is 1.97. The van der Waals surface area contributed by atoms with Gasteiger partial charge in [0.1, 0.15) is 0 Å². The molecule has 0 atom stereocenters. The van der Waals surface area contributed by atoms with E-state index in [2.05, 4.69) is 10.2 Å². The first kappa shape index (κ1) is 14.7. The Morgan fingerprint density at radius 2 is 2.00 bits per heavy atom. The third-order valence-electron chi connectivity index (χ3n) is 3.09. The number of nitrogens with zero attached hydrogens (tertiary/aromatic N) is 4. The molecule has 108 valence electrons. The zero-order valence-corrected chi connectivity index (χ0v) is 11.6. The molecule has 0 aromatic carbocycles. The van der Waals surface area contributed by atoms with Crippen molar-refractivity contribution in [3.05, 3.63) is 23.0 Å². The number of carbonyl (C=O) groups is 2. The van der Waals surface area contributed by atoms with Crippen molar-refractivity contribution in [1.29, 1.82) is 0 Å². The van der Waals surface area contributed by atoms with E-state index in [1.807, 2.05) is 4.90 Å². The van der Waals surface area contributed by atoms with Gasteiger partial charge < -0.3 is 10.0 Å². The molecular formula is C12H15ClN4O3. The normalized spacial score (nSPS) is 16.8. The van der Waals surface area contributed by atoms with E-state index in [4.69, 9.17) is 16.7 Å². The van der Waals surface area contributed by atoms with E-state index in [-0.39, 0.29) is 23.3 Å². The Kier molecular flexibility index (Phi) is 4.86. The molecule has 0 bridgehead atoms. The molecule has 1 saturated heterocycles. The highest BCUT2D eigenvalue weighted by atomic mass is 35.5. The van der Waals surface area contributed by atoms with Crippen molar-refractivity contribution < 1.29 is 14.7 Å². The van der Waals surface area contributed by atoms with Crippen LogP contribution < -0.4 is 0 Å². The van der Waals surface area contributed by atoms with Crippen LogP contribution in [0.2, 0.25) is 5.15 Å². The lowest BCUT2D eigenvalue weighted by atomic mass is 10.3. The fraction of sp³-hybridized carbons (Fsp3) is 0.500. The van der Waals surface area contributed by atoms with Crippen molar-refractivity contribution in [2.45, 2.75) is 6.42 Å². The van der Waals surface area contributed by atoms with Crippen LogP contribution >= 0.6 is 11.6 Å². The lowest BCUT2D eigenvalue weighted by Crippen LogP contribution is -2.37. The average Bonchev–Trinajstić information content (AvgIpc) is 2.64. The maximum Gasteiger partial charge on any atom is 0.317 e. The summed E-state index contributed by atoms with van der Waals surface area (Å²) >= 11 is 5.64. The van der Waals surface area contributed by atoms with Crippen LogP contribution in [0.5, 0.6) is 0 Å². The minimum absolute atomic E-state index is 0.00276. The molecule has 0 spiro atoms. The van der Waals surface area contributed by atoms with Gasteiger partial charge in [-0.2, -0.15) is 0 Å². The van der Waals surface area contributed by atoms with Gasteiger partial charge in [0.25, 0.3) is 5.91 Å². The Hall–Kier alpha value is -1.73. The molecule has 20 heavy (non-hydrogen) atoms. The molecule has 1 fully saturated rings. The maximum atomic E-state index is 12.2. The second-order valence-corrected chi connectivity index (χ2v) is 4.94. The van der Waals surface area contributed by atoms with Crippen LogP contribution in [-0.4, -0.2) is 69.7 Å². The smallest absolute Gasteiger partial charge is 0.317 e. The molecule has 1 aromatic rings. The van der Waals surface area contributed by atoms with Gasteiger partial charge in [-0.05, 0) is 18.6 Å². The molecule has 0 radical (unpaired) electrons. The van der Waals surface area contributed by atoms with Gasteiger partial charge in [0, 0.05) is 26.2 Å². The fourth-order valence-electron chi connectivity index (χ4n) is 2.12. The monoisotopic (exact) mass is 298 g/mol. The van der Waals surface area contributed by atoms with Gasteiger partial charge >= 0.3 is 5.97 Å². The van der Waals surface area contributed by atoms with Crippen LogP contribution in [0.25, 0.3) is 0 Å². The summed E-state index contributed by atoms with van der Waals surface area (Å²) in [5.41, 5.74) is 0.251. The number of rotatable bonds is 3. The van der Waals surface area contributed by atoms with Gasteiger partial charge in [-0.25, -0.2) is 0 Å². The third-order valence-corrected chi connectivity index (χ3v) is 3.29. The van der Waals surface area contributed by atoms with E-state index in [1.54, 1.807) is 4.90 Å². The summed E-state index contributed by atoms with van der Waals surface area (Å²) in [6, 6.07) is 3.06. The summed E-state index contributed by atoms with van der Waals surface area (Å²) in [7, 11) is 0. The summed E-state index contributed by atoms with van der Waals surface area (Å²) in [6.07, 6.45) is 0.736. The predicted octanol–water partition coefficient (Wildman–Crippen LogP) is 0.362. The van der Waals surface area contributed by atoms with E-state index in [9.17, 15) is 9.59 Å². The molecule has 7 nitrogen and oxygen atoms in total. The highest BCUT2D eigenvalue weighted by Crippen LogP contribution is 2.09. The molecule has 1 aliphatic rings. The fourth-order valence-corrected chi connectivity index (χ4v) is 2.22. The Labute approximate surface area is 121 Å². The van der Waals surface area contributed by atoms with Gasteiger partial charge in [0.2, 0.25) is 0 Å². The number of hydrogen-bond acceptors (Lipinski definition) is 5. The Morgan fingerprint density at radius 1 is 1.20 bits per heavy atom. The SMILES string of the molecule is O=C(O)CN1CCCN(C(=O)c2ccc(Cl)nn2)CC1. The number of aromatic nitrogens is 2. The Morgan fingerprint density at radius 3 is 2.65 bits per heavy atom. The number of halogens is 1. The zero-order chi connectivity index (χ0) is 14.5. The predicted molar refractivity (Wildman–Crippen MR) is 71.6 cm³/mol. The number of aliphatic carboxylic acids is 1. The van der Waals surface area contributed by atoms with E-state index < -0.39 is 5.97 Å². The average molecular weight is 299 g/mol. The zero-order valence-electron chi connectivity index (χ0n) is 10.8. The van der Waals surface area contributed by atoms with Crippen LogP contribution in [0.3, 0.4) is 0 Å². The van der Waals surface area contributed by atoms with Gasteiger partial charge in [0.15, 0.2) is 10.8 Å². The number of hydrogen-bond donors (Lipinski definition) is 1. The van der Waals surface area contributed by atoms with E-state index in [1.165, 1.54) is 12.1 Å². The van der Waals surface area contributed by atoms with Crippen LogP contribution in [0, 0.1) is 0 Å². The molecule has 1 N–H and O–H groups in total. The first-order valence-electron chi connectivity index (χ1n) is 6.29. The summed E-state index contributed by atoms with van der Waals surface area (Å²) in [4.78, 5) is 26.4. The molecule has 2 rings (SSSR count). The van der Waals surface area contributed by atoms with Gasteiger partial charge in [-0.1, -0.05) is 11.6 Å². The summed E-state index contributed by atoms with van der Waals surface area (Å²) < 4.78 is 0. The maximum absolute atomic E-state index is 12.2. The largest absolute Gasteiger partial charge is 0.480 e. The van der Waals surface area contributed by atoms with Gasteiger partial charge in [-0.3, -0.25) is 14.5 Å². The Bertz CT molecular complexity index is 494. The minimum atomic E-state index is -0.853. The van der Waals surface area contributed by atoms with Crippen LogP contribution in [0.4, 0.5) is 0 Å². The lowest BCUT2D eigenvalue weighted by Gasteiger charge is -2.20. The molecule has 8 heteroatoms. The summed E-state index contributed by atoms with van der Waals surface area (Å²) in [5.74, 6) is -1.06. The third kappa shape index (κ3) is 3.88. The van der Waals surface area contributed by atoms with E-state index >= 15 is 0 Å². The second kappa shape index (κ2) is 6.62. The summed E-state index contributed by atoms with van der Waals surface area (Å²) in [5, 5.41) is 16.4. The highest BCUT2D eigenvalue weighted by molar-refractivity contribution is 6.29. The lowest BCUT2D eigenvalue weighted by molar-refractivity contribution is -0.138. The van der Waals surface area contributed by atoms with Gasteiger partial charge in [0.05, 0.1) is 6.54 Å². The number of carbonyl (C=O) groups excluding carboxylic acids is 1. The van der Waals surface area contributed by atoms with Crippen LogP contribution in [-0.2, 0) is 4.79 Å². The first-order chi connectivity index (χ1) is 9.56. The van der Waals surface area contributed by atoms with Crippen molar-refractivity contribution in [2.75, 3.05) is 32.7 Å². The standard InChI is InChI=1S/C12H15ClN4O3/c13-10-3-2-9(14-15-10)12(20)17-5-1-4-16(6-7-17)8-11(18)19/h2-3H,1,4-8H2,(H,18,19). The highest BCUT2D eigenvalue weighted by Gasteiger charge is 2.22. The molecule has 2 heterocycles. The number of carboxylic acids is 1. The molecular weight excluding hydrogens is 284 g/mol. The van der Waals surface area contributed by atoms with Crippen LogP contribution in [0.15, 0.2) is 12.1 Å². The summed E-state index contributed by atoms with van der Waals surface area (Å²) in [6.45, 7) is 2.28. The van der Waals surface area contributed by atoms with Crippen molar-refractivity contribution in [2.24, 2.45) is 0 Å². The quantitative estimate of drug-likeness (QED) is 0.867. The number of amides is 1. The topological polar surface area (TPSA) is 86.6 Å². The first-order valence-corrected chi connectivity index (χ1v) is 6.66. The number of carboxylic acid groups (broad SMARTS) is 1. The minimum Gasteiger partial charge on any atom is -0.480 e. The molecule has 0 saturated carbocycles. The van der Waals surface area contributed by atoms with Crippen molar-refractivity contribution in [3.63, 3.8) is 0 Å². The van der Waals surface area contributed by atoms with Crippen molar-refractivity contribution >= 4 is 23.5 Å². The van der Waals surface area contributed by atoms with E-state index in [0.717, 1.165) is 6.42 Å². The molecule has 1 aromatic heterocycles. The van der Waals surface area contributed by atoms with Crippen LogP contribution in [0.1, 0.15) is 16.9 Å². The molecule has 0 unspecified atom stereocenters.